The van der Waals surface area contributed by atoms with E-state index in [4.69, 9.17) is 4.98 Å². The zero-order chi connectivity index (χ0) is 55.0. The first kappa shape index (κ1) is 51.4. The van der Waals surface area contributed by atoms with Crippen LogP contribution >= 0.6 is 0 Å². The Morgan fingerprint density at radius 3 is 1.34 bits per heavy atom. The summed E-state index contributed by atoms with van der Waals surface area (Å²) in [4.78, 5) is 5.24. The topological polar surface area (TPSA) is 41.6 Å². The normalized spacial score (nSPS) is 10.5. The maximum atomic E-state index is 9.39. The van der Waals surface area contributed by atoms with Gasteiger partial charge in [0.1, 0.15) is 0 Å². The molecule has 1 aliphatic heterocycles. The van der Waals surface area contributed by atoms with Gasteiger partial charge in [-0.3, -0.25) is 0 Å². The molecule has 0 saturated heterocycles. The second-order valence-electron chi connectivity index (χ2n) is 16.3. The number of pyridine rings is 1. The minimum absolute atomic E-state index is 0.506. The fourth-order valence-corrected chi connectivity index (χ4v) is 9.09. The van der Waals surface area contributed by atoms with Gasteiger partial charge >= 0.3 is 0 Å². The summed E-state index contributed by atoms with van der Waals surface area (Å²) < 4.78 is 2.45. The summed E-state index contributed by atoms with van der Waals surface area (Å²) in [6, 6.07) is 52.4. The summed E-state index contributed by atoms with van der Waals surface area (Å²) in [5.41, 5.74) is 15.7. The Labute approximate surface area is 467 Å². The highest BCUT2D eigenvalue weighted by Crippen LogP contribution is 2.61. The lowest BCUT2D eigenvalue weighted by atomic mass is 9.65. The van der Waals surface area contributed by atoms with E-state index in [9.17, 15) is 5.26 Å². The van der Waals surface area contributed by atoms with Crippen molar-refractivity contribution in [1.29, 1.82) is 5.26 Å². The van der Waals surface area contributed by atoms with Crippen LogP contribution in [0.25, 0.3) is 60.8 Å². The van der Waals surface area contributed by atoms with Crippen molar-refractivity contribution in [1.82, 2.24) is 9.55 Å². The van der Waals surface area contributed by atoms with Crippen LogP contribution in [0.3, 0.4) is 0 Å². The van der Waals surface area contributed by atoms with E-state index >= 15 is 0 Å². The Morgan fingerprint density at radius 2 is 0.812 bits per heavy atom. The predicted molar refractivity (Wildman–Crippen MR) is 321 cm³/mol. The molecule has 2 aromatic heterocycles. The molecule has 2 aliphatic rings. The minimum atomic E-state index is -0.506. The second kappa shape index (κ2) is 26.0. The molecule has 3 heterocycles. The molecule has 1 atom stereocenters. The van der Waals surface area contributed by atoms with Crippen molar-refractivity contribution in [3.8, 4) is 235 Å². The molecule has 0 N–H and O–H groups in total. The summed E-state index contributed by atoms with van der Waals surface area (Å²) in [5, 5.41) is 11.7. The van der Waals surface area contributed by atoms with E-state index in [0.717, 1.165) is 33.1 Å². The number of nitriles is 1. The zero-order valence-corrected chi connectivity index (χ0v) is 42.6. The Balaban J connectivity index is 0.000000200. The minimum Gasteiger partial charge on any atom is -0.307 e. The molecule has 10 rings (SSSR count). The zero-order valence-electron chi connectivity index (χ0n) is 42.6. The molecule has 0 radical (unpaired) electrons. The quantitative estimate of drug-likeness (QED) is 0.154. The first-order valence-corrected chi connectivity index (χ1v) is 24.2. The SMILES string of the molecule is CC#CC#CC#CC#CC#CC#CC#CC#CC#CC#CC#CC#CC#CC#CC#CC#CC#CC.N#Cc1ccc(-c2ccc3c(c2)C2(c4ccccc4-3)c3ccccc3-n3c4cc5ccccc5nc4c4cccc2c43)cc1. The molecule has 3 nitrogen and oxygen atoms in total. The Hall–Kier alpha value is -13.5. The van der Waals surface area contributed by atoms with E-state index in [2.05, 4.69) is 339 Å². The lowest BCUT2D eigenvalue weighted by Crippen LogP contribution is -2.33. The van der Waals surface area contributed by atoms with Crippen LogP contribution in [0.1, 0.15) is 41.7 Å². The molecule has 0 saturated carbocycles. The lowest BCUT2D eigenvalue weighted by Gasteiger charge is -2.39. The molecule has 0 amide bonds. The number of hydrogen-bond acceptors (Lipinski definition) is 2. The van der Waals surface area contributed by atoms with E-state index in [1.165, 1.54) is 50.0 Å². The van der Waals surface area contributed by atoms with Gasteiger partial charge in [-0.2, -0.15) is 5.26 Å². The van der Waals surface area contributed by atoms with E-state index in [0.29, 0.717) is 5.56 Å². The molecule has 352 valence electrons. The van der Waals surface area contributed by atoms with Gasteiger partial charge in [-0.25, -0.2) is 4.98 Å². The molecule has 0 fully saturated rings. The van der Waals surface area contributed by atoms with Crippen LogP contribution in [-0.2, 0) is 5.41 Å². The number of hydrogen-bond donors (Lipinski definition) is 0. The molecule has 1 aliphatic carbocycles. The monoisotopic (exact) mass is 995 g/mol. The summed E-state index contributed by atoms with van der Waals surface area (Å²) >= 11 is 0. The molecule has 80 heavy (non-hydrogen) atoms. The van der Waals surface area contributed by atoms with Crippen molar-refractivity contribution in [2.24, 2.45) is 0 Å². The van der Waals surface area contributed by atoms with Gasteiger partial charge in [0.2, 0.25) is 0 Å². The summed E-state index contributed by atoms with van der Waals surface area (Å²) in [6.07, 6.45) is 0. The average Bonchev–Trinajstić information content (AvgIpc) is 3.15. The van der Waals surface area contributed by atoms with Crippen LogP contribution in [0.15, 0.2) is 140 Å². The molecule has 1 spiro atoms. The summed E-state index contributed by atoms with van der Waals surface area (Å²) in [5.74, 6) is 85.6. The smallest absolute Gasteiger partial charge is 0.0991 e. The van der Waals surface area contributed by atoms with Crippen molar-refractivity contribution in [2.75, 3.05) is 0 Å². The molecular formula is C77H29N3. The molecule has 0 bridgehead atoms. The van der Waals surface area contributed by atoms with Gasteiger partial charge in [0.05, 0.1) is 44.8 Å². The number of rotatable bonds is 1. The first-order chi connectivity index (χ1) is 39.7. The van der Waals surface area contributed by atoms with E-state index in [1.54, 1.807) is 13.8 Å². The second-order valence-corrected chi connectivity index (χ2v) is 16.3. The van der Waals surface area contributed by atoms with E-state index in [-0.39, 0.29) is 0 Å². The van der Waals surface area contributed by atoms with Crippen molar-refractivity contribution in [2.45, 2.75) is 19.3 Å². The van der Waals surface area contributed by atoms with Crippen LogP contribution in [0.4, 0.5) is 0 Å². The van der Waals surface area contributed by atoms with Crippen molar-refractivity contribution >= 4 is 32.8 Å². The highest BCUT2D eigenvalue weighted by Gasteiger charge is 2.51. The van der Waals surface area contributed by atoms with E-state index in [1.807, 2.05) is 12.1 Å². The lowest BCUT2D eigenvalue weighted by molar-refractivity contribution is 0.749. The largest absolute Gasteiger partial charge is 0.307 e. The van der Waals surface area contributed by atoms with Crippen molar-refractivity contribution < 1.29 is 0 Å². The molecular weight excluding hydrogens is 967 g/mol. The number of fused-ring (bicyclic) bond motifs is 13. The number of para-hydroxylation sites is 3. The summed E-state index contributed by atoms with van der Waals surface area (Å²) in [7, 11) is 0. The van der Waals surface area contributed by atoms with Gasteiger partial charge < -0.3 is 4.57 Å². The van der Waals surface area contributed by atoms with Crippen LogP contribution in [0.2, 0.25) is 0 Å². The number of benzene rings is 6. The van der Waals surface area contributed by atoms with Gasteiger partial charge in [0.25, 0.3) is 0 Å². The van der Waals surface area contributed by atoms with Gasteiger partial charge in [0, 0.05) is 105 Å². The van der Waals surface area contributed by atoms with Crippen LogP contribution in [-0.4, -0.2) is 9.55 Å². The number of aromatic nitrogens is 2. The van der Waals surface area contributed by atoms with Crippen LogP contribution in [0, 0.1) is 213 Å². The third kappa shape index (κ3) is 11.3. The fraction of sp³-hybridized carbons (Fsp3) is 0.0390. The van der Waals surface area contributed by atoms with Gasteiger partial charge in [-0.1, -0.05) is 115 Å². The first-order valence-electron chi connectivity index (χ1n) is 24.2. The van der Waals surface area contributed by atoms with Gasteiger partial charge in [-0.05, 0) is 189 Å². The molecule has 8 aromatic rings. The molecule has 1 unspecified atom stereocenters. The summed E-state index contributed by atoms with van der Waals surface area (Å²) in [6.45, 7) is 3.38. The molecule has 3 heteroatoms. The fourth-order valence-electron chi connectivity index (χ4n) is 9.09. The van der Waals surface area contributed by atoms with Gasteiger partial charge in [0.15, 0.2) is 0 Å². The van der Waals surface area contributed by atoms with Gasteiger partial charge in [-0.15, -0.1) is 0 Å². The standard InChI is InChI=1S/C41H23N3.C36H6/c42-24-25-16-18-26(19-17-25)27-20-21-30-29-9-2-3-11-32(29)41(35(30)22-27)33-12-4-6-15-37(33)44-38-23-28-8-1-5-14-36(28)43-39(38)31-10-7-13-34(41)40(31)44;1-3-5-7-9-11-13-15-17-19-21-23-25-27-29-31-33-35-36-34-32-30-28-26-24-22-20-18-16-14-12-10-8-6-4-2/h1-23H;1-2H3. The van der Waals surface area contributed by atoms with Crippen molar-refractivity contribution in [3.63, 3.8) is 0 Å². The average molecular weight is 996 g/mol. The number of nitrogens with zero attached hydrogens (tertiary/aromatic N) is 3. The molecule has 6 aromatic carbocycles. The Bertz CT molecular complexity index is 5060. The Morgan fingerprint density at radius 1 is 0.375 bits per heavy atom. The third-order valence-electron chi connectivity index (χ3n) is 12.0. The van der Waals surface area contributed by atoms with Crippen LogP contribution in [0.5, 0.6) is 0 Å². The maximum Gasteiger partial charge on any atom is 0.0991 e. The van der Waals surface area contributed by atoms with Crippen molar-refractivity contribution in [3.05, 3.63) is 167 Å². The Kier molecular flexibility index (Phi) is 16.7. The van der Waals surface area contributed by atoms with Crippen LogP contribution < -0.4 is 0 Å². The van der Waals surface area contributed by atoms with E-state index < -0.39 is 5.41 Å². The third-order valence-corrected chi connectivity index (χ3v) is 12.0. The maximum absolute atomic E-state index is 9.39. The predicted octanol–water partition coefficient (Wildman–Crippen LogP) is 10.6. The highest BCUT2D eigenvalue weighted by atomic mass is 15.0. The highest BCUT2D eigenvalue weighted by molar-refractivity contribution is 6.13.